The minimum atomic E-state index is -0.421. The van der Waals surface area contributed by atoms with Gasteiger partial charge in [0, 0.05) is 19.2 Å². The zero-order chi connectivity index (χ0) is 18.7. The topological polar surface area (TPSA) is 55.8 Å². The lowest BCUT2D eigenvalue weighted by atomic mass is 10.1. The van der Waals surface area contributed by atoms with Gasteiger partial charge in [-0.1, -0.05) is 24.3 Å². The molecular weight excluding hydrogens is 330 g/mol. The molecule has 1 heterocycles. The van der Waals surface area contributed by atoms with Crippen LogP contribution in [0.5, 0.6) is 11.5 Å². The Kier molecular flexibility index (Phi) is 5.07. The molecule has 134 valence electrons. The Hall–Kier alpha value is -3.08. The van der Waals surface area contributed by atoms with Gasteiger partial charge in [-0.15, -0.1) is 0 Å². The van der Waals surface area contributed by atoms with E-state index in [1.807, 2.05) is 45.0 Å². The molecule has 1 aliphatic rings. The molecule has 5 heteroatoms. The maximum atomic E-state index is 12.5. The molecule has 2 aromatic rings. The van der Waals surface area contributed by atoms with Gasteiger partial charge in [0.15, 0.2) is 5.76 Å². The van der Waals surface area contributed by atoms with Gasteiger partial charge in [-0.05, 0) is 50.1 Å². The number of benzene rings is 2. The van der Waals surface area contributed by atoms with Crippen LogP contribution >= 0.6 is 0 Å². The number of nitrogens with zero attached hydrogens (tertiary/aromatic N) is 1. The van der Waals surface area contributed by atoms with Crippen molar-refractivity contribution in [1.82, 2.24) is 4.90 Å². The average molecular weight is 351 g/mol. The van der Waals surface area contributed by atoms with Crippen molar-refractivity contribution >= 4 is 18.0 Å². The number of allylic oxidation sites excluding steroid dienone is 1. The van der Waals surface area contributed by atoms with Gasteiger partial charge in [0.05, 0.1) is 5.56 Å². The molecule has 26 heavy (non-hydrogen) atoms. The number of aryl methyl sites for hydroxylation is 1. The number of fused-ring (bicyclic) bond motifs is 1. The quantitative estimate of drug-likeness (QED) is 0.764. The first-order valence-electron chi connectivity index (χ1n) is 8.64. The molecule has 0 radical (unpaired) electrons. The van der Waals surface area contributed by atoms with Crippen LogP contribution in [0.2, 0.25) is 0 Å². The van der Waals surface area contributed by atoms with E-state index in [0.717, 1.165) is 11.1 Å². The molecule has 0 spiro atoms. The lowest BCUT2D eigenvalue weighted by molar-refractivity contribution is 0.101. The van der Waals surface area contributed by atoms with Crippen molar-refractivity contribution < 1.29 is 19.1 Å². The number of hydrogen-bond donors (Lipinski definition) is 0. The van der Waals surface area contributed by atoms with Crippen LogP contribution in [0.25, 0.3) is 6.08 Å². The summed E-state index contributed by atoms with van der Waals surface area (Å²) in [5.74, 6) is 0.844. The van der Waals surface area contributed by atoms with Gasteiger partial charge < -0.3 is 14.4 Å². The molecule has 1 aliphatic heterocycles. The van der Waals surface area contributed by atoms with Crippen molar-refractivity contribution in [2.75, 3.05) is 13.1 Å². The van der Waals surface area contributed by atoms with Crippen molar-refractivity contribution in [3.63, 3.8) is 0 Å². The number of Topliss-reactive ketones (excluding diaryl/α,β-unsaturated/α-hetero) is 1. The van der Waals surface area contributed by atoms with Crippen LogP contribution in [-0.2, 0) is 0 Å². The van der Waals surface area contributed by atoms with Crippen LogP contribution in [0, 0.1) is 6.92 Å². The number of ketones is 1. The number of carbonyl (C=O) groups excluding carboxylic acids is 2. The molecule has 0 saturated carbocycles. The summed E-state index contributed by atoms with van der Waals surface area (Å²) in [7, 11) is 0. The van der Waals surface area contributed by atoms with Gasteiger partial charge >= 0.3 is 6.09 Å². The fraction of sp³-hybridized carbons (Fsp3) is 0.238. The third kappa shape index (κ3) is 3.47. The zero-order valence-electron chi connectivity index (χ0n) is 15.1. The first-order valence-corrected chi connectivity index (χ1v) is 8.64. The van der Waals surface area contributed by atoms with E-state index in [0.29, 0.717) is 30.2 Å². The molecule has 2 aromatic carbocycles. The normalized spacial score (nSPS) is 14.1. The lowest BCUT2D eigenvalue weighted by Crippen LogP contribution is -2.33. The molecule has 0 bridgehead atoms. The molecule has 1 amide bonds. The standard InChI is InChI=1S/C21H21NO4/c1-4-22(5-2)21(24)25-16-10-11-17-18(13-16)26-19(20(17)23)12-15-9-7-6-8-14(15)3/h6-13H,4-5H2,1-3H3/b19-12+. The summed E-state index contributed by atoms with van der Waals surface area (Å²) in [5, 5.41) is 0. The van der Waals surface area contributed by atoms with Crippen molar-refractivity contribution in [3.05, 3.63) is 64.9 Å². The Morgan fingerprint density at radius 3 is 2.58 bits per heavy atom. The maximum absolute atomic E-state index is 12.5. The molecule has 0 atom stereocenters. The molecule has 0 N–H and O–H groups in total. The highest BCUT2D eigenvalue weighted by Crippen LogP contribution is 2.35. The van der Waals surface area contributed by atoms with Crippen LogP contribution < -0.4 is 9.47 Å². The summed E-state index contributed by atoms with van der Waals surface area (Å²) in [6, 6.07) is 12.6. The third-order valence-electron chi connectivity index (χ3n) is 4.34. The predicted octanol–water partition coefficient (Wildman–Crippen LogP) is 4.45. The van der Waals surface area contributed by atoms with E-state index in [2.05, 4.69) is 0 Å². The summed E-state index contributed by atoms with van der Waals surface area (Å²) in [6.45, 7) is 6.89. The van der Waals surface area contributed by atoms with Gasteiger partial charge in [0.25, 0.3) is 0 Å². The van der Waals surface area contributed by atoms with Gasteiger partial charge in [-0.3, -0.25) is 4.79 Å². The van der Waals surface area contributed by atoms with Crippen LogP contribution in [0.1, 0.15) is 35.3 Å². The second-order valence-electron chi connectivity index (χ2n) is 5.99. The highest BCUT2D eigenvalue weighted by atomic mass is 16.6. The number of amides is 1. The maximum Gasteiger partial charge on any atom is 0.415 e. The Morgan fingerprint density at radius 2 is 1.88 bits per heavy atom. The van der Waals surface area contributed by atoms with E-state index in [9.17, 15) is 9.59 Å². The zero-order valence-corrected chi connectivity index (χ0v) is 15.1. The molecule has 3 rings (SSSR count). The van der Waals surface area contributed by atoms with Crippen LogP contribution in [0.4, 0.5) is 4.79 Å². The number of hydrogen-bond acceptors (Lipinski definition) is 4. The Balaban J connectivity index is 1.82. The summed E-state index contributed by atoms with van der Waals surface area (Å²) < 4.78 is 11.1. The van der Waals surface area contributed by atoms with E-state index in [-0.39, 0.29) is 11.5 Å². The summed E-state index contributed by atoms with van der Waals surface area (Å²) in [5.41, 5.74) is 2.45. The molecule has 0 unspecified atom stereocenters. The molecule has 0 saturated heterocycles. The largest absolute Gasteiger partial charge is 0.452 e. The van der Waals surface area contributed by atoms with Crippen molar-refractivity contribution in [2.24, 2.45) is 0 Å². The Bertz CT molecular complexity index is 881. The molecule has 0 fully saturated rings. The van der Waals surface area contributed by atoms with Crippen molar-refractivity contribution in [1.29, 1.82) is 0 Å². The van der Waals surface area contributed by atoms with Gasteiger partial charge in [-0.2, -0.15) is 0 Å². The first-order chi connectivity index (χ1) is 12.5. The Morgan fingerprint density at radius 1 is 1.15 bits per heavy atom. The average Bonchev–Trinajstić information content (AvgIpc) is 2.93. The summed E-state index contributed by atoms with van der Waals surface area (Å²) in [6.07, 6.45) is 1.31. The smallest absolute Gasteiger partial charge is 0.415 e. The fourth-order valence-corrected chi connectivity index (χ4v) is 2.77. The highest BCUT2D eigenvalue weighted by Gasteiger charge is 2.28. The predicted molar refractivity (Wildman–Crippen MR) is 99.5 cm³/mol. The van der Waals surface area contributed by atoms with E-state index in [4.69, 9.17) is 9.47 Å². The number of rotatable bonds is 4. The monoisotopic (exact) mass is 351 g/mol. The molecule has 0 aliphatic carbocycles. The van der Waals surface area contributed by atoms with E-state index < -0.39 is 6.09 Å². The second-order valence-corrected chi connectivity index (χ2v) is 5.99. The van der Waals surface area contributed by atoms with Gasteiger partial charge in [0.1, 0.15) is 11.5 Å². The number of ether oxygens (including phenoxy) is 2. The lowest BCUT2D eigenvalue weighted by Gasteiger charge is -2.17. The van der Waals surface area contributed by atoms with Crippen LogP contribution in [0.15, 0.2) is 48.2 Å². The molecular formula is C21H21NO4. The molecule has 5 nitrogen and oxygen atoms in total. The number of carbonyl (C=O) groups is 2. The Labute approximate surface area is 152 Å². The van der Waals surface area contributed by atoms with E-state index in [1.165, 1.54) is 0 Å². The van der Waals surface area contributed by atoms with Crippen LogP contribution in [0.3, 0.4) is 0 Å². The minimum absolute atomic E-state index is 0.176. The van der Waals surface area contributed by atoms with E-state index >= 15 is 0 Å². The SMILES string of the molecule is CCN(CC)C(=O)Oc1ccc2c(c1)O/C(=C/c1ccccc1C)C2=O. The van der Waals surface area contributed by atoms with E-state index in [1.54, 1.807) is 29.2 Å². The highest BCUT2D eigenvalue weighted by molar-refractivity contribution is 6.14. The van der Waals surface area contributed by atoms with Gasteiger partial charge in [-0.25, -0.2) is 4.79 Å². The van der Waals surface area contributed by atoms with Crippen molar-refractivity contribution in [3.8, 4) is 11.5 Å². The summed E-state index contributed by atoms with van der Waals surface area (Å²) in [4.78, 5) is 26.2. The van der Waals surface area contributed by atoms with Crippen LogP contribution in [-0.4, -0.2) is 29.9 Å². The summed E-state index contributed by atoms with van der Waals surface area (Å²) >= 11 is 0. The second kappa shape index (κ2) is 7.44. The fourth-order valence-electron chi connectivity index (χ4n) is 2.77. The van der Waals surface area contributed by atoms with Crippen molar-refractivity contribution in [2.45, 2.75) is 20.8 Å². The molecule has 0 aromatic heterocycles. The minimum Gasteiger partial charge on any atom is -0.452 e. The first kappa shape index (κ1) is 17.7. The third-order valence-corrected chi connectivity index (χ3v) is 4.34. The van der Waals surface area contributed by atoms with Gasteiger partial charge in [0.2, 0.25) is 5.78 Å².